The van der Waals surface area contributed by atoms with E-state index in [0.29, 0.717) is 16.6 Å². The van der Waals surface area contributed by atoms with Gasteiger partial charge in [-0.1, -0.05) is 29.3 Å². The Morgan fingerprint density at radius 3 is 2.40 bits per heavy atom. The topological polar surface area (TPSA) is 52.0 Å². The van der Waals surface area contributed by atoms with Crippen LogP contribution in [-0.4, -0.2) is 6.54 Å². The van der Waals surface area contributed by atoms with Crippen molar-refractivity contribution in [2.75, 3.05) is 6.54 Å². The van der Waals surface area contributed by atoms with Crippen LogP contribution in [0.15, 0.2) is 18.2 Å². The Morgan fingerprint density at radius 2 is 1.87 bits per heavy atom. The maximum atomic E-state index is 5.94. The minimum atomic E-state index is -0.00619. The molecule has 86 valence electrons. The molecule has 0 unspecified atom stereocenters. The monoisotopic (exact) mass is 268 g/mol. The predicted molar refractivity (Wildman–Crippen MR) is 68.9 cm³/mol. The lowest BCUT2D eigenvalue weighted by atomic mass is 10.0. The van der Waals surface area contributed by atoms with Crippen LogP contribution in [0.25, 0.3) is 0 Å². The Kier molecular flexibility index (Phi) is 7.32. The van der Waals surface area contributed by atoms with E-state index >= 15 is 0 Å². The Bertz CT molecular complexity index is 305. The van der Waals surface area contributed by atoms with E-state index in [4.69, 9.17) is 34.7 Å². The fraction of sp³-hybridized carbons (Fsp3) is 0.400. The normalized spacial score (nSPS) is 12.0. The van der Waals surface area contributed by atoms with E-state index in [2.05, 4.69) is 0 Å². The zero-order valence-corrected chi connectivity index (χ0v) is 10.6. The van der Waals surface area contributed by atoms with Gasteiger partial charge in [-0.2, -0.15) is 0 Å². The smallest absolute Gasteiger partial charge is 0.0595 e. The van der Waals surface area contributed by atoms with Crippen LogP contribution in [0.3, 0.4) is 0 Å². The first-order valence-corrected chi connectivity index (χ1v) is 5.31. The SMILES string of the molecule is Cl.NCCC[C@@H](N)c1ccc(Cl)c(Cl)c1. The van der Waals surface area contributed by atoms with Crippen LogP contribution in [0.4, 0.5) is 0 Å². The number of rotatable bonds is 4. The fourth-order valence-electron chi connectivity index (χ4n) is 1.25. The molecule has 0 heterocycles. The number of halogens is 3. The average molecular weight is 270 g/mol. The van der Waals surface area contributed by atoms with Crippen LogP contribution in [0.2, 0.25) is 10.0 Å². The number of hydrogen-bond acceptors (Lipinski definition) is 2. The van der Waals surface area contributed by atoms with Gasteiger partial charge < -0.3 is 11.5 Å². The standard InChI is InChI=1S/C10H14Cl2N2.ClH/c11-8-4-3-7(6-9(8)12)10(14)2-1-5-13;/h3-4,6,10H,1-2,5,13-14H2;1H/t10-;/m1./s1. The van der Waals surface area contributed by atoms with Gasteiger partial charge in [-0.25, -0.2) is 0 Å². The molecule has 1 rings (SSSR count). The van der Waals surface area contributed by atoms with E-state index in [1.807, 2.05) is 12.1 Å². The minimum absolute atomic E-state index is 0. The maximum Gasteiger partial charge on any atom is 0.0595 e. The van der Waals surface area contributed by atoms with Crippen molar-refractivity contribution in [2.24, 2.45) is 11.5 Å². The van der Waals surface area contributed by atoms with Crippen LogP contribution in [-0.2, 0) is 0 Å². The minimum Gasteiger partial charge on any atom is -0.330 e. The summed E-state index contributed by atoms with van der Waals surface area (Å²) >= 11 is 11.7. The molecule has 4 N–H and O–H groups in total. The van der Waals surface area contributed by atoms with Crippen molar-refractivity contribution in [1.82, 2.24) is 0 Å². The largest absolute Gasteiger partial charge is 0.330 e. The van der Waals surface area contributed by atoms with Gasteiger partial charge in [0, 0.05) is 6.04 Å². The molecule has 2 nitrogen and oxygen atoms in total. The summed E-state index contributed by atoms with van der Waals surface area (Å²) < 4.78 is 0. The summed E-state index contributed by atoms with van der Waals surface area (Å²) in [6.45, 7) is 0.662. The highest BCUT2D eigenvalue weighted by atomic mass is 35.5. The highest BCUT2D eigenvalue weighted by molar-refractivity contribution is 6.42. The van der Waals surface area contributed by atoms with Crippen molar-refractivity contribution in [3.05, 3.63) is 33.8 Å². The van der Waals surface area contributed by atoms with E-state index in [1.165, 1.54) is 0 Å². The summed E-state index contributed by atoms with van der Waals surface area (Å²) in [6.07, 6.45) is 1.79. The predicted octanol–water partition coefficient (Wildman–Crippen LogP) is 3.15. The van der Waals surface area contributed by atoms with E-state index in [9.17, 15) is 0 Å². The molecule has 0 amide bonds. The first-order chi connectivity index (χ1) is 6.65. The van der Waals surface area contributed by atoms with Crippen molar-refractivity contribution in [1.29, 1.82) is 0 Å². The Balaban J connectivity index is 0.00000196. The molecule has 0 bridgehead atoms. The van der Waals surface area contributed by atoms with Crippen molar-refractivity contribution in [2.45, 2.75) is 18.9 Å². The molecule has 1 aromatic carbocycles. The van der Waals surface area contributed by atoms with Crippen LogP contribution in [0, 0.1) is 0 Å². The summed E-state index contributed by atoms with van der Waals surface area (Å²) in [7, 11) is 0. The van der Waals surface area contributed by atoms with Crippen molar-refractivity contribution in [3.8, 4) is 0 Å². The van der Waals surface area contributed by atoms with Gasteiger partial charge in [0.05, 0.1) is 10.0 Å². The van der Waals surface area contributed by atoms with E-state index in [1.54, 1.807) is 6.07 Å². The summed E-state index contributed by atoms with van der Waals surface area (Å²) in [5.74, 6) is 0. The van der Waals surface area contributed by atoms with Crippen LogP contribution in [0.1, 0.15) is 24.4 Å². The molecule has 0 aliphatic rings. The van der Waals surface area contributed by atoms with Gasteiger partial charge >= 0.3 is 0 Å². The molecule has 15 heavy (non-hydrogen) atoms. The highest BCUT2D eigenvalue weighted by Gasteiger charge is 2.07. The lowest BCUT2D eigenvalue weighted by Gasteiger charge is -2.11. The first-order valence-electron chi connectivity index (χ1n) is 4.55. The molecule has 5 heteroatoms. The van der Waals surface area contributed by atoms with Gasteiger partial charge in [0.2, 0.25) is 0 Å². The first kappa shape index (κ1) is 15.0. The molecule has 1 atom stereocenters. The van der Waals surface area contributed by atoms with E-state index in [0.717, 1.165) is 18.4 Å². The quantitative estimate of drug-likeness (QED) is 0.882. The summed E-state index contributed by atoms with van der Waals surface area (Å²) in [5, 5.41) is 1.11. The summed E-state index contributed by atoms with van der Waals surface area (Å²) in [5.41, 5.74) is 12.4. The molecule has 1 aromatic rings. The zero-order valence-electron chi connectivity index (χ0n) is 8.25. The molecule has 0 fully saturated rings. The Hall–Kier alpha value is 0.01000. The summed E-state index contributed by atoms with van der Waals surface area (Å²) in [4.78, 5) is 0. The fourth-order valence-corrected chi connectivity index (χ4v) is 1.55. The van der Waals surface area contributed by atoms with Crippen LogP contribution < -0.4 is 11.5 Å². The third-order valence-corrected chi connectivity index (χ3v) is 2.83. The summed E-state index contributed by atoms with van der Waals surface area (Å²) in [6, 6.07) is 5.47. The second-order valence-corrected chi connectivity index (χ2v) is 4.03. The second kappa shape index (κ2) is 7.31. The third kappa shape index (κ3) is 4.58. The van der Waals surface area contributed by atoms with Gasteiger partial charge in [-0.3, -0.25) is 0 Å². The van der Waals surface area contributed by atoms with Crippen molar-refractivity contribution >= 4 is 35.6 Å². The van der Waals surface area contributed by atoms with Crippen LogP contribution in [0.5, 0.6) is 0 Å². The third-order valence-electron chi connectivity index (χ3n) is 2.09. The number of hydrogen-bond donors (Lipinski definition) is 2. The Labute approximate surface area is 106 Å². The molecule has 0 spiro atoms. The van der Waals surface area contributed by atoms with Gasteiger partial charge in [0.25, 0.3) is 0 Å². The zero-order chi connectivity index (χ0) is 10.6. The van der Waals surface area contributed by atoms with Crippen LogP contribution >= 0.6 is 35.6 Å². The lowest BCUT2D eigenvalue weighted by molar-refractivity contribution is 0.618. The van der Waals surface area contributed by atoms with Crippen molar-refractivity contribution in [3.63, 3.8) is 0 Å². The lowest BCUT2D eigenvalue weighted by Crippen LogP contribution is -2.12. The molecule has 0 radical (unpaired) electrons. The Morgan fingerprint density at radius 1 is 1.20 bits per heavy atom. The molecule has 0 saturated carbocycles. The second-order valence-electron chi connectivity index (χ2n) is 3.21. The van der Waals surface area contributed by atoms with E-state index < -0.39 is 0 Å². The van der Waals surface area contributed by atoms with Gasteiger partial charge in [0.15, 0.2) is 0 Å². The van der Waals surface area contributed by atoms with Gasteiger partial charge in [0.1, 0.15) is 0 Å². The van der Waals surface area contributed by atoms with E-state index in [-0.39, 0.29) is 18.4 Å². The van der Waals surface area contributed by atoms with Crippen molar-refractivity contribution < 1.29 is 0 Å². The molecular formula is C10H15Cl3N2. The molecule has 0 aliphatic carbocycles. The molecular weight excluding hydrogens is 254 g/mol. The molecule has 0 aromatic heterocycles. The van der Waals surface area contributed by atoms with Gasteiger partial charge in [-0.05, 0) is 37.1 Å². The average Bonchev–Trinajstić information content (AvgIpc) is 2.18. The van der Waals surface area contributed by atoms with Gasteiger partial charge in [-0.15, -0.1) is 12.4 Å². The maximum absolute atomic E-state index is 5.94. The number of nitrogens with two attached hydrogens (primary N) is 2. The molecule has 0 saturated heterocycles. The number of benzene rings is 1. The highest BCUT2D eigenvalue weighted by Crippen LogP contribution is 2.26. The molecule has 0 aliphatic heterocycles.